The van der Waals surface area contributed by atoms with E-state index in [2.05, 4.69) is 15.3 Å². The summed E-state index contributed by atoms with van der Waals surface area (Å²) < 4.78 is 0. The van der Waals surface area contributed by atoms with Crippen molar-refractivity contribution in [2.45, 2.75) is 6.92 Å². The fourth-order valence-corrected chi connectivity index (χ4v) is 1.72. The number of aromatic nitrogens is 2. The molecule has 18 heavy (non-hydrogen) atoms. The quantitative estimate of drug-likeness (QED) is 0.844. The second-order valence-corrected chi connectivity index (χ2v) is 3.59. The van der Waals surface area contributed by atoms with Crippen molar-refractivity contribution in [2.24, 2.45) is 0 Å². The number of carboxylic acid groups (broad SMARTS) is 1. The van der Waals surface area contributed by atoms with Crippen LogP contribution in [0.1, 0.15) is 27.8 Å². The lowest BCUT2D eigenvalue weighted by molar-refractivity contribution is 0.0692. The van der Waals surface area contributed by atoms with E-state index in [4.69, 9.17) is 5.11 Å². The lowest BCUT2D eigenvalue weighted by Gasteiger charge is -2.07. The molecule has 1 aromatic heterocycles. The van der Waals surface area contributed by atoms with Gasteiger partial charge in [0.25, 0.3) is 5.91 Å². The third kappa shape index (κ3) is 2.00. The van der Waals surface area contributed by atoms with Crippen molar-refractivity contribution in [1.82, 2.24) is 15.3 Å². The highest BCUT2D eigenvalue weighted by molar-refractivity contribution is 6.12. The minimum atomic E-state index is -1.18. The first-order valence-corrected chi connectivity index (χ1v) is 5.40. The molecule has 2 rings (SSSR count). The Kier molecular flexibility index (Phi) is 3.18. The molecule has 0 saturated heterocycles. The number of benzene rings is 1. The van der Waals surface area contributed by atoms with Gasteiger partial charge in [0.2, 0.25) is 0 Å². The second kappa shape index (κ2) is 4.79. The van der Waals surface area contributed by atoms with Crippen LogP contribution in [0.2, 0.25) is 0 Å². The molecule has 0 fully saturated rings. The SMILES string of the molecule is CCNC(=O)c1cccc2ncnc(C(=O)O)c12. The summed E-state index contributed by atoms with van der Waals surface area (Å²) in [7, 11) is 0. The number of nitrogens with zero attached hydrogens (tertiary/aromatic N) is 2. The van der Waals surface area contributed by atoms with Gasteiger partial charge in [-0.05, 0) is 19.1 Å². The van der Waals surface area contributed by atoms with E-state index in [9.17, 15) is 9.59 Å². The lowest BCUT2D eigenvalue weighted by atomic mass is 10.1. The van der Waals surface area contributed by atoms with Gasteiger partial charge < -0.3 is 10.4 Å². The number of fused-ring (bicyclic) bond motifs is 1. The monoisotopic (exact) mass is 245 g/mol. The Morgan fingerprint density at radius 2 is 2.11 bits per heavy atom. The van der Waals surface area contributed by atoms with E-state index in [1.165, 1.54) is 6.33 Å². The van der Waals surface area contributed by atoms with Crippen molar-refractivity contribution in [3.8, 4) is 0 Å². The molecule has 6 nitrogen and oxygen atoms in total. The Bertz CT molecular complexity index is 620. The molecule has 2 N–H and O–H groups in total. The fourth-order valence-electron chi connectivity index (χ4n) is 1.72. The first kappa shape index (κ1) is 12.0. The summed E-state index contributed by atoms with van der Waals surface area (Å²) in [5.74, 6) is -1.51. The van der Waals surface area contributed by atoms with E-state index in [-0.39, 0.29) is 22.6 Å². The van der Waals surface area contributed by atoms with Gasteiger partial charge in [0, 0.05) is 11.9 Å². The van der Waals surface area contributed by atoms with E-state index < -0.39 is 5.97 Å². The molecule has 0 unspecified atom stereocenters. The largest absolute Gasteiger partial charge is 0.476 e. The van der Waals surface area contributed by atoms with E-state index in [1.54, 1.807) is 25.1 Å². The Balaban J connectivity index is 2.73. The average molecular weight is 245 g/mol. The van der Waals surface area contributed by atoms with E-state index >= 15 is 0 Å². The Morgan fingerprint density at radius 1 is 1.33 bits per heavy atom. The van der Waals surface area contributed by atoms with Crippen LogP contribution in [-0.4, -0.2) is 33.5 Å². The molecule has 1 heterocycles. The zero-order valence-electron chi connectivity index (χ0n) is 9.67. The van der Waals surface area contributed by atoms with Gasteiger partial charge in [0.1, 0.15) is 6.33 Å². The Morgan fingerprint density at radius 3 is 2.78 bits per heavy atom. The van der Waals surface area contributed by atoms with E-state index in [1.807, 2.05) is 0 Å². The van der Waals surface area contributed by atoms with Gasteiger partial charge in [0.15, 0.2) is 5.69 Å². The first-order valence-electron chi connectivity index (χ1n) is 5.40. The summed E-state index contributed by atoms with van der Waals surface area (Å²) in [6.45, 7) is 2.25. The van der Waals surface area contributed by atoms with Gasteiger partial charge in [-0.1, -0.05) is 6.07 Å². The molecule has 6 heteroatoms. The highest BCUT2D eigenvalue weighted by atomic mass is 16.4. The number of hydrogen-bond acceptors (Lipinski definition) is 4. The van der Waals surface area contributed by atoms with Crippen LogP contribution >= 0.6 is 0 Å². The van der Waals surface area contributed by atoms with Crippen molar-refractivity contribution < 1.29 is 14.7 Å². The molecule has 0 radical (unpaired) electrons. The molecule has 2 aromatic rings. The van der Waals surface area contributed by atoms with Crippen LogP contribution in [0.15, 0.2) is 24.5 Å². The zero-order valence-corrected chi connectivity index (χ0v) is 9.67. The van der Waals surface area contributed by atoms with Crippen LogP contribution < -0.4 is 5.32 Å². The number of aromatic carboxylic acids is 1. The molecule has 0 aliphatic heterocycles. The minimum absolute atomic E-state index is 0.165. The fraction of sp³-hybridized carbons (Fsp3) is 0.167. The van der Waals surface area contributed by atoms with Crippen LogP contribution in [0.25, 0.3) is 10.9 Å². The molecular weight excluding hydrogens is 234 g/mol. The number of carboxylic acids is 1. The Labute approximate surface area is 103 Å². The number of nitrogens with one attached hydrogen (secondary N) is 1. The lowest BCUT2D eigenvalue weighted by Crippen LogP contribution is -2.23. The standard InChI is InChI=1S/C12H11N3O3/c1-2-13-11(16)7-4-3-5-8-9(7)10(12(17)18)15-6-14-8/h3-6H,2H2,1H3,(H,13,16)(H,17,18). The highest BCUT2D eigenvalue weighted by Crippen LogP contribution is 2.19. The summed E-state index contributed by atoms with van der Waals surface area (Å²) in [5.41, 5.74) is 0.542. The average Bonchev–Trinajstić information content (AvgIpc) is 2.37. The maximum Gasteiger partial charge on any atom is 0.355 e. The second-order valence-electron chi connectivity index (χ2n) is 3.59. The number of rotatable bonds is 3. The molecule has 1 aromatic carbocycles. The maximum atomic E-state index is 11.9. The summed E-state index contributed by atoms with van der Waals surface area (Å²) >= 11 is 0. The normalized spacial score (nSPS) is 10.3. The van der Waals surface area contributed by atoms with Crippen LogP contribution in [0, 0.1) is 0 Å². The predicted octanol–water partition coefficient (Wildman–Crippen LogP) is 1.08. The molecule has 0 aliphatic carbocycles. The summed E-state index contributed by atoms with van der Waals surface area (Å²) in [6.07, 6.45) is 1.17. The predicted molar refractivity (Wildman–Crippen MR) is 64.5 cm³/mol. The number of carbonyl (C=O) groups is 2. The van der Waals surface area contributed by atoms with Gasteiger partial charge in [-0.15, -0.1) is 0 Å². The van der Waals surface area contributed by atoms with Crippen molar-refractivity contribution >= 4 is 22.8 Å². The Hall–Kier alpha value is -2.50. The van der Waals surface area contributed by atoms with Gasteiger partial charge in [-0.3, -0.25) is 4.79 Å². The first-order chi connectivity index (χ1) is 8.65. The third-order valence-electron chi connectivity index (χ3n) is 2.45. The smallest absolute Gasteiger partial charge is 0.355 e. The van der Waals surface area contributed by atoms with Crippen LogP contribution in [0.5, 0.6) is 0 Å². The van der Waals surface area contributed by atoms with Crippen molar-refractivity contribution in [3.05, 3.63) is 35.8 Å². The molecular formula is C12H11N3O3. The summed E-state index contributed by atoms with van der Waals surface area (Å²) in [6, 6.07) is 4.86. The number of amides is 1. The molecule has 0 saturated carbocycles. The van der Waals surface area contributed by atoms with Gasteiger partial charge in [0.05, 0.1) is 11.1 Å². The minimum Gasteiger partial charge on any atom is -0.476 e. The summed E-state index contributed by atoms with van der Waals surface area (Å²) in [5, 5.41) is 12.0. The van der Waals surface area contributed by atoms with Crippen molar-refractivity contribution in [1.29, 1.82) is 0 Å². The van der Waals surface area contributed by atoms with Gasteiger partial charge in [-0.2, -0.15) is 0 Å². The number of carbonyl (C=O) groups excluding carboxylic acids is 1. The molecule has 1 amide bonds. The van der Waals surface area contributed by atoms with E-state index in [0.29, 0.717) is 12.1 Å². The van der Waals surface area contributed by atoms with Crippen molar-refractivity contribution in [3.63, 3.8) is 0 Å². The molecule has 0 bridgehead atoms. The summed E-state index contributed by atoms with van der Waals surface area (Å²) in [4.78, 5) is 30.7. The highest BCUT2D eigenvalue weighted by Gasteiger charge is 2.17. The van der Waals surface area contributed by atoms with Crippen LogP contribution in [-0.2, 0) is 0 Å². The zero-order chi connectivity index (χ0) is 13.1. The van der Waals surface area contributed by atoms with Gasteiger partial charge in [-0.25, -0.2) is 14.8 Å². The number of hydrogen-bond donors (Lipinski definition) is 2. The van der Waals surface area contributed by atoms with Crippen LogP contribution in [0.3, 0.4) is 0 Å². The molecule has 0 spiro atoms. The van der Waals surface area contributed by atoms with Crippen LogP contribution in [0.4, 0.5) is 0 Å². The maximum absolute atomic E-state index is 11.9. The van der Waals surface area contributed by atoms with Gasteiger partial charge >= 0.3 is 5.97 Å². The topological polar surface area (TPSA) is 92.2 Å². The third-order valence-corrected chi connectivity index (χ3v) is 2.45. The molecule has 0 aliphatic rings. The van der Waals surface area contributed by atoms with Crippen molar-refractivity contribution in [2.75, 3.05) is 6.54 Å². The molecule has 92 valence electrons. The molecule has 0 atom stereocenters. The van der Waals surface area contributed by atoms with E-state index in [0.717, 1.165) is 0 Å².